The van der Waals surface area contributed by atoms with Crippen molar-refractivity contribution in [3.63, 3.8) is 0 Å². The molecule has 1 aliphatic heterocycles. The van der Waals surface area contributed by atoms with Gasteiger partial charge in [0.15, 0.2) is 5.96 Å². The van der Waals surface area contributed by atoms with Crippen molar-refractivity contribution in [1.82, 2.24) is 10.6 Å². The Kier molecular flexibility index (Phi) is 7.50. The number of rotatable bonds is 6. The number of aryl methyl sites for hydroxylation is 1. The third kappa shape index (κ3) is 5.88. The van der Waals surface area contributed by atoms with Crippen molar-refractivity contribution in [1.29, 1.82) is 0 Å². The molecule has 6 heteroatoms. The predicted molar refractivity (Wildman–Crippen MR) is 102 cm³/mol. The fourth-order valence-electron chi connectivity index (χ4n) is 3.00. The van der Waals surface area contributed by atoms with Gasteiger partial charge in [-0.2, -0.15) is 0 Å². The van der Waals surface area contributed by atoms with Gasteiger partial charge in [0.05, 0.1) is 5.69 Å². The summed E-state index contributed by atoms with van der Waals surface area (Å²) in [6, 6.07) is 5.48. The zero-order valence-electron chi connectivity index (χ0n) is 15.6. The summed E-state index contributed by atoms with van der Waals surface area (Å²) in [5.41, 5.74) is 1.75. The van der Waals surface area contributed by atoms with Gasteiger partial charge in [0.1, 0.15) is 5.82 Å². The molecule has 0 saturated carbocycles. The van der Waals surface area contributed by atoms with Gasteiger partial charge in [0.2, 0.25) is 0 Å². The molecule has 3 N–H and O–H groups in total. The third-order valence-corrected chi connectivity index (χ3v) is 4.42. The lowest BCUT2D eigenvalue weighted by molar-refractivity contribution is 0.241. The first-order chi connectivity index (χ1) is 12.0. The maximum Gasteiger partial charge on any atom is 0.191 e. The summed E-state index contributed by atoms with van der Waals surface area (Å²) in [5, 5.41) is 15.9. The Labute approximate surface area is 150 Å². The van der Waals surface area contributed by atoms with Crippen molar-refractivity contribution in [2.75, 3.05) is 37.7 Å². The summed E-state index contributed by atoms with van der Waals surface area (Å²) in [4.78, 5) is 6.66. The van der Waals surface area contributed by atoms with E-state index in [1.54, 1.807) is 12.1 Å². The summed E-state index contributed by atoms with van der Waals surface area (Å²) < 4.78 is 14.2. The highest BCUT2D eigenvalue weighted by atomic mass is 19.1. The minimum Gasteiger partial charge on any atom is -0.396 e. The van der Waals surface area contributed by atoms with Crippen LogP contribution in [0.25, 0.3) is 0 Å². The normalized spacial score (nSPS) is 19.6. The molecule has 1 aliphatic rings. The van der Waals surface area contributed by atoms with E-state index in [-0.39, 0.29) is 24.4 Å². The topological polar surface area (TPSA) is 59.9 Å². The fourth-order valence-corrected chi connectivity index (χ4v) is 3.00. The van der Waals surface area contributed by atoms with Gasteiger partial charge >= 0.3 is 0 Å². The molecule has 1 saturated heterocycles. The maximum absolute atomic E-state index is 14.2. The molecular weight excluding hydrogens is 319 g/mol. The minimum atomic E-state index is -0.163. The number of hydrogen-bond donors (Lipinski definition) is 3. The van der Waals surface area contributed by atoms with Crippen LogP contribution < -0.4 is 15.5 Å². The molecule has 2 atom stereocenters. The van der Waals surface area contributed by atoms with E-state index in [1.165, 1.54) is 0 Å². The van der Waals surface area contributed by atoms with Gasteiger partial charge in [-0.1, -0.05) is 13.0 Å². The zero-order valence-corrected chi connectivity index (χ0v) is 15.6. The molecule has 5 nitrogen and oxygen atoms in total. The number of aliphatic hydroxyl groups excluding tert-OH is 1. The molecule has 140 valence electrons. The first kappa shape index (κ1) is 19.5. The quantitative estimate of drug-likeness (QED) is 0.544. The van der Waals surface area contributed by atoms with E-state index >= 15 is 0 Å². The Morgan fingerprint density at radius 1 is 1.48 bits per heavy atom. The number of aliphatic imine (C=N–C) groups is 1. The highest BCUT2D eigenvalue weighted by Gasteiger charge is 2.23. The van der Waals surface area contributed by atoms with Gasteiger partial charge in [0, 0.05) is 38.8 Å². The van der Waals surface area contributed by atoms with Crippen LogP contribution in [0.3, 0.4) is 0 Å². The number of halogens is 1. The van der Waals surface area contributed by atoms with Crippen LogP contribution >= 0.6 is 0 Å². The molecule has 2 rings (SSSR count). The number of hydrogen-bond acceptors (Lipinski definition) is 3. The lowest BCUT2D eigenvalue weighted by Gasteiger charge is -2.35. The molecule has 0 amide bonds. The van der Waals surface area contributed by atoms with Gasteiger partial charge in [0.25, 0.3) is 0 Å². The van der Waals surface area contributed by atoms with Crippen molar-refractivity contribution >= 4 is 11.6 Å². The Hall–Kier alpha value is -1.82. The molecule has 25 heavy (non-hydrogen) atoms. The van der Waals surface area contributed by atoms with Crippen LogP contribution in [0.1, 0.15) is 32.3 Å². The molecule has 1 fully saturated rings. The van der Waals surface area contributed by atoms with E-state index in [2.05, 4.69) is 20.5 Å². The Balaban J connectivity index is 2.02. The first-order valence-electron chi connectivity index (χ1n) is 9.20. The van der Waals surface area contributed by atoms with Crippen LogP contribution in [0.15, 0.2) is 23.2 Å². The Morgan fingerprint density at radius 3 is 3.00 bits per heavy atom. The first-order valence-corrected chi connectivity index (χ1v) is 9.20. The summed E-state index contributed by atoms with van der Waals surface area (Å²) in [6.45, 7) is 9.09. The van der Waals surface area contributed by atoms with Crippen LogP contribution in [0, 0.1) is 18.7 Å². The Morgan fingerprint density at radius 2 is 2.28 bits per heavy atom. The van der Waals surface area contributed by atoms with Gasteiger partial charge in [-0.15, -0.1) is 0 Å². The predicted octanol–water partition coefficient (Wildman–Crippen LogP) is 2.29. The van der Waals surface area contributed by atoms with E-state index < -0.39 is 0 Å². The van der Waals surface area contributed by atoms with Crippen molar-refractivity contribution in [3.05, 3.63) is 29.6 Å². The monoisotopic (exact) mass is 350 g/mol. The lowest BCUT2D eigenvalue weighted by Crippen LogP contribution is -2.51. The van der Waals surface area contributed by atoms with E-state index in [4.69, 9.17) is 5.11 Å². The van der Waals surface area contributed by atoms with Gasteiger partial charge in [-0.05, 0) is 50.3 Å². The smallest absolute Gasteiger partial charge is 0.191 e. The highest BCUT2D eigenvalue weighted by molar-refractivity contribution is 5.80. The second-order valence-electron chi connectivity index (χ2n) is 6.89. The molecule has 0 radical (unpaired) electrons. The molecule has 1 aromatic carbocycles. The number of nitrogens with zero attached hydrogens (tertiary/aromatic N) is 2. The Bertz CT molecular complexity index is 579. The summed E-state index contributed by atoms with van der Waals surface area (Å²) in [7, 11) is 0. The van der Waals surface area contributed by atoms with E-state index in [0.717, 1.165) is 44.0 Å². The number of benzene rings is 1. The van der Waals surface area contributed by atoms with Crippen molar-refractivity contribution in [3.8, 4) is 0 Å². The SMILES string of the molecule is CCNC(=NCC(C)CO)NC1CCCN(c2cc(C)ccc2F)C1. The maximum atomic E-state index is 14.2. The van der Waals surface area contributed by atoms with Crippen molar-refractivity contribution in [2.24, 2.45) is 10.9 Å². The van der Waals surface area contributed by atoms with Gasteiger partial charge < -0.3 is 20.6 Å². The summed E-state index contributed by atoms with van der Waals surface area (Å²) in [6.07, 6.45) is 2.04. The van der Waals surface area contributed by atoms with Crippen molar-refractivity contribution in [2.45, 2.75) is 39.7 Å². The minimum absolute atomic E-state index is 0.132. The highest BCUT2D eigenvalue weighted by Crippen LogP contribution is 2.24. The van der Waals surface area contributed by atoms with Crippen LogP contribution in [0.4, 0.5) is 10.1 Å². The molecule has 0 aromatic heterocycles. The van der Waals surface area contributed by atoms with Crippen molar-refractivity contribution < 1.29 is 9.50 Å². The van der Waals surface area contributed by atoms with Crippen LogP contribution in [-0.4, -0.2) is 49.9 Å². The van der Waals surface area contributed by atoms with Crippen LogP contribution in [-0.2, 0) is 0 Å². The number of aliphatic hydroxyl groups is 1. The molecule has 0 aliphatic carbocycles. The standard InChI is InChI=1S/C19H31FN4O/c1-4-21-19(22-11-15(3)13-25)23-16-6-5-9-24(12-16)18-10-14(2)7-8-17(18)20/h7-8,10,15-16,25H,4-6,9,11-13H2,1-3H3,(H2,21,22,23). The molecule has 1 heterocycles. The van der Waals surface area contributed by atoms with Crippen LogP contribution in [0.2, 0.25) is 0 Å². The third-order valence-electron chi connectivity index (χ3n) is 4.42. The van der Waals surface area contributed by atoms with Gasteiger partial charge in [-0.25, -0.2) is 4.39 Å². The average Bonchev–Trinajstić information content (AvgIpc) is 2.62. The number of piperidine rings is 1. The van der Waals surface area contributed by atoms with E-state index in [1.807, 2.05) is 26.8 Å². The summed E-state index contributed by atoms with van der Waals surface area (Å²) in [5.74, 6) is 0.739. The molecule has 2 unspecified atom stereocenters. The number of guanidine groups is 1. The molecule has 0 spiro atoms. The van der Waals surface area contributed by atoms with E-state index in [9.17, 15) is 4.39 Å². The fraction of sp³-hybridized carbons (Fsp3) is 0.632. The van der Waals surface area contributed by atoms with E-state index in [0.29, 0.717) is 12.2 Å². The van der Waals surface area contributed by atoms with Gasteiger partial charge in [-0.3, -0.25) is 4.99 Å². The second-order valence-corrected chi connectivity index (χ2v) is 6.89. The number of nitrogens with one attached hydrogen (secondary N) is 2. The molecular formula is C19H31FN4O. The lowest BCUT2D eigenvalue weighted by atomic mass is 10.0. The number of anilines is 1. The van der Waals surface area contributed by atoms with Crippen LogP contribution in [0.5, 0.6) is 0 Å². The zero-order chi connectivity index (χ0) is 18.2. The molecule has 0 bridgehead atoms. The molecule has 1 aromatic rings. The largest absolute Gasteiger partial charge is 0.396 e. The second kappa shape index (κ2) is 9.61. The summed E-state index contributed by atoms with van der Waals surface area (Å²) >= 11 is 0. The average molecular weight is 350 g/mol.